The molecule has 0 fully saturated rings. The van der Waals surface area contributed by atoms with E-state index in [4.69, 9.17) is 10.4 Å². The van der Waals surface area contributed by atoms with Crippen LogP contribution in [0.1, 0.15) is 37.6 Å². The largest absolute Gasteiger partial charge is 0.395 e. The van der Waals surface area contributed by atoms with Gasteiger partial charge in [0.1, 0.15) is 0 Å². The molecule has 0 aromatic carbocycles. The van der Waals surface area contributed by atoms with E-state index in [2.05, 4.69) is 25.9 Å². The number of amides is 1. The van der Waals surface area contributed by atoms with Gasteiger partial charge in [-0.25, -0.2) is 4.99 Å². The van der Waals surface area contributed by atoms with Gasteiger partial charge in [0.05, 0.1) is 29.6 Å². The number of aromatic nitrogens is 1. The Morgan fingerprint density at radius 1 is 1.52 bits per heavy atom. The van der Waals surface area contributed by atoms with Gasteiger partial charge < -0.3 is 15.7 Å². The van der Waals surface area contributed by atoms with E-state index in [1.165, 1.54) is 12.4 Å². The predicted octanol–water partition coefficient (Wildman–Crippen LogP) is 0.831. The Hall–Kier alpha value is -2.66. The third-order valence-electron chi connectivity index (χ3n) is 3.17. The summed E-state index contributed by atoms with van der Waals surface area (Å²) in [4.78, 5) is 20.5. The molecule has 0 aliphatic rings. The van der Waals surface area contributed by atoms with Gasteiger partial charge in [-0.2, -0.15) is 5.26 Å². The van der Waals surface area contributed by atoms with Crippen molar-refractivity contribution >= 4 is 17.6 Å². The summed E-state index contributed by atoms with van der Waals surface area (Å²) in [7, 11) is 0. The second-order valence-corrected chi connectivity index (χ2v) is 5.39. The van der Waals surface area contributed by atoms with Crippen LogP contribution in [0.4, 0.5) is 5.69 Å². The number of carbonyl (C=O) groups is 1. The number of aliphatic hydroxyl groups excluding tert-OH is 1. The lowest BCUT2D eigenvalue weighted by Crippen LogP contribution is -2.33. The molecule has 1 heterocycles. The van der Waals surface area contributed by atoms with E-state index < -0.39 is 0 Å². The van der Waals surface area contributed by atoms with Gasteiger partial charge in [0, 0.05) is 12.7 Å². The van der Waals surface area contributed by atoms with E-state index >= 15 is 0 Å². The molecule has 0 aliphatic carbocycles. The summed E-state index contributed by atoms with van der Waals surface area (Å²) in [5, 5.41) is 25.6. The van der Waals surface area contributed by atoms with Crippen LogP contribution in [-0.4, -0.2) is 40.6 Å². The van der Waals surface area contributed by atoms with Crippen molar-refractivity contribution in [3.63, 3.8) is 0 Å². The summed E-state index contributed by atoms with van der Waals surface area (Å²) in [5.41, 5.74) is 0.389. The number of nitrogens with one attached hydrogen (secondary N) is 3. The van der Waals surface area contributed by atoms with Gasteiger partial charge in [-0.05, 0) is 26.3 Å². The minimum Gasteiger partial charge on any atom is -0.395 e. The van der Waals surface area contributed by atoms with E-state index in [0.717, 1.165) is 6.42 Å². The zero-order valence-electron chi connectivity index (χ0n) is 13.6. The average Bonchev–Trinajstić information content (AvgIpc) is 2.53. The third kappa shape index (κ3) is 5.92. The predicted molar refractivity (Wildman–Crippen MR) is 87.8 cm³/mol. The molecular weight excluding hydrogens is 296 g/mol. The Labute approximate surface area is 135 Å². The number of hydrogen-bond acceptors (Lipinski definition) is 5. The molecule has 8 heteroatoms. The first-order chi connectivity index (χ1) is 10.9. The molecule has 0 bridgehead atoms. The number of nitriles is 1. The van der Waals surface area contributed by atoms with Crippen LogP contribution in [0.5, 0.6) is 0 Å². The lowest BCUT2D eigenvalue weighted by atomic mass is 10.0. The zero-order valence-corrected chi connectivity index (χ0v) is 13.6. The number of pyridine rings is 1. The number of anilines is 1. The summed E-state index contributed by atoms with van der Waals surface area (Å²) < 4.78 is 0. The van der Waals surface area contributed by atoms with Crippen LogP contribution in [0.3, 0.4) is 0 Å². The number of hydrogen-bond donors (Lipinski definition) is 4. The summed E-state index contributed by atoms with van der Waals surface area (Å²) in [6, 6.07) is 1.55. The van der Waals surface area contributed by atoms with Gasteiger partial charge in [0.15, 0.2) is 6.19 Å². The summed E-state index contributed by atoms with van der Waals surface area (Å²) in [6.07, 6.45) is 5.56. The SMILES string of the molecule is CCC(C)(C)N=C(NC#N)Nc1cnccc1C(=O)NCCO. The first-order valence-corrected chi connectivity index (χ1v) is 7.28. The van der Waals surface area contributed by atoms with Gasteiger partial charge in [-0.15, -0.1) is 0 Å². The Kier molecular flexibility index (Phi) is 6.96. The molecule has 23 heavy (non-hydrogen) atoms. The van der Waals surface area contributed by atoms with Crippen LogP contribution in [0.2, 0.25) is 0 Å². The normalized spacial score (nSPS) is 11.5. The molecule has 1 aromatic heterocycles. The standard InChI is InChI=1S/C15H22N6O2/c1-4-15(2,3)21-14(19-10-16)20-12-9-17-6-5-11(12)13(23)18-7-8-22/h5-6,9,22H,4,7-8H2,1-3H3,(H,18,23)(H2,19,20,21). The Balaban J connectivity index is 3.06. The Morgan fingerprint density at radius 3 is 2.87 bits per heavy atom. The lowest BCUT2D eigenvalue weighted by Gasteiger charge is -2.20. The molecule has 0 radical (unpaired) electrons. The quantitative estimate of drug-likeness (QED) is 0.267. The maximum atomic E-state index is 12.1. The highest BCUT2D eigenvalue weighted by Gasteiger charge is 2.17. The summed E-state index contributed by atoms with van der Waals surface area (Å²) >= 11 is 0. The van der Waals surface area contributed by atoms with E-state index in [-0.39, 0.29) is 30.6 Å². The van der Waals surface area contributed by atoms with E-state index in [1.807, 2.05) is 27.0 Å². The number of carbonyl (C=O) groups excluding carboxylic acids is 1. The van der Waals surface area contributed by atoms with E-state index in [1.54, 1.807) is 6.07 Å². The molecule has 1 amide bonds. The molecule has 8 nitrogen and oxygen atoms in total. The van der Waals surface area contributed by atoms with Crippen LogP contribution in [0.15, 0.2) is 23.5 Å². The van der Waals surface area contributed by atoms with Crippen molar-refractivity contribution in [2.75, 3.05) is 18.5 Å². The van der Waals surface area contributed by atoms with Crippen LogP contribution >= 0.6 is 0 Å². The van der Waals surface area contributed by atoms with E-state index in [0.29, 0.717) is 11.3 Å². The van der Waals surface area contributed by atoms with Crippen molar-refractivity contribution < 1.29 is 9.90 Å². The second-order valence-electron chi connectivity index (χ2n) is 5.39. The minimum absolute atomic E-state index is 0.146. The summed E-state index contributed by atoms with van der Waals surface area (Å²) in [5.74, 6) is -0.112. The molecule has 1 aromatic rings. The Morgan fingerprint density at radius 2 is 2.26 bits per heavy atom. The molecule has 0 saturated carbocycles. The van der Waals surface area contributed by atoms with Gasteiger partial charge in [-0.3, -0.25) is 15.1 Å². The average molecular weight is 318 g/mol. The number of aliphatic hydroxyl groups is 1. The molecule has 1 rings (SSSR count). The fraction of sp³-hybridized carbons (Fsp3) is 0.467. The smallest absolute Gasteiger partial charge is 0.253 e. The van der Waals surface area contributed by atoms with Crippen LogP contribution in [0, 0.1) is 11.5 Å². The highest BCUT2D eigenvalue weighted by molar-refractivity contribution is 6.04. The van der Waals surface area contributed by atoms with Gasteiger partial charge in [0.2, 0.25) is 5.96 Å². The molecule has 124 valence electrons. The second kappa shape index (κ2) is 8.70. The van der Waals surface area contributed by atoms with Crippen molar-refractivity contribution in [3.8, 4) is 6.19 Å². The van der Waals surface area contributed by atoms with Crippen LogP contribution in [0.25, 0.3) is 0 Å². The first kappa shape index (κ1) is 18.4. The number of guanidine groups is 1. The van der Waals surface area contributed by atoms with Crippen molar-refractivity contribution in [1.29, 1.82) is 5.26 Å². The van der Waals surface area contributed by atoms with Gasteiger partial charge in [-0.1, -0.05) is 6.92 Å². The van der Waals surface area contributed by atoms with Crippen LogP contribution in [-0.2, 0) is 0 Å². The number of aliphatic imine (C=N–C) groups is 1. The van der Waals surface area contributed by atoms with Gasteiger partial charge in [0.25, 0.3) is 5.91 Å². The first-order valence-electron chi connectivity index (χ1n) is 7.28. The minimum atomic E-state index is -0.367. The maximum absolute atomic E-state index is 12.1. The molecule has 0 atom stereocenters. The summed E-state index contributed by atoms with van der Waals surface area (Å²) in [6.45, 7) is 5.87. The third-order valence-corrected chi connectivity index (χ3v) is 3.17. The molecule has 0 saturated heterocycles. The molecule has 0 aliphatic heterocycles. The molecule has 4 N–H and O–H groups in total. The van der Waals surface area contributed by atoms with Crippen molar-refractivity contribution in [2.45, 2.75) is 32.7 Å². The molecule has 0 spiro atoms. The van der Waals surface area contributed by atoms with Crippen molar-refractivity contribution in [3.05, 3.63) is 24.0 Å². The Bertz CT molecular complexity index is 606. The lowest BCUT2D eigenvalue weighted by molar-refractivity contribution is 0.0945. The number of rotatable bonds is 6. The van der Waals surface area contributed by atoms with E-state index in [9.17, 15) is 4.79 Å². The number of nitrogens with zero attached hydrogens (tertiary/aromatic N) is 3. The maximum Gasteiger partial charge on any atom is 0.253 e. The zero-order chi connectivity index (χ0) is 17.3. The van der Waals surface area contributed by atoms with Crippen molar-refractivity contribution in [2.24, 2.45) is 4.99 Å². The fourth-order valence-corrected chi connectivity index (χ4v) is 1.61. The highest BCUT2D eigenvalue weighted by Crippen LogP contribution is 2.16. The molecular formula is C15H22N6O2. The topological polar surface area (TPSA) is 122 Å². The highest BCUT2D eigenvalue weighted by atomic mass is 16.3. The van der Waals surface area contributed by atoms with Crippen LogP contribution < -0.4 is 16.0 Å². The van der Waals surface area contributed by atoms with Crippen molar-refractivity contribution in [1.82, 2.24) is 15.6 Å². The monoisotopic (exact) mass is 318 g/mol. The molecule has 0 unspecified atom stereocenters. The van der Waals surface area contributed by atoms with Gasteiger partial charge >= 0.3 is 0 Å². The fourth-order valence-electron chi connectivity index (χ4n) is 1.61.